The number of aromatic nitrogens is 1. The molecule has 1 aliphatic rings. The molecule has 0 aromatic carbocycles. The molecule has 0 bridgehead atoms. The molecule has 1 fully saturated rings. The Balaban J connectivity index is 1.95. The van der Waals surface area contributed by atoms with E-state index < -0.39 is 12.1 Å². The van der Waals surface area contributed by atoms with Crippen LogP contribution in [0.25, 0.3) is 0 Å². The molecule has 0 aliphatic carbocycles. The Morgan fingerprint density at radius 2 is 2.22 bits per heavy atom. The van der Waals surface area contributed by atoms with Gasteiger partial charge in [-0.1, -0.05) is 37.0 Å². The summed E-state index contributed by atoms with van der Waals surface area (Å²) in [4.78, 5) is 24.4. The summed E-state index contributed by atoms with van der Waals surface area (Å²) in [7, 11) is 0. The molecule has 1 aromatic heterocycles. The summed E-state index contributed by atoms with van der Waals surface area (Å²) >= 11 is 12.6. The molecule has 6 nitrogen and oxygen atoms in total. The van der Waals surface area contributed by atoms with Gasteiger partial charge in [0, 0.05) is 13.2 Å². The lowest BCUT2D eigenvalue weighted by Crippen LogP contribution is -2.43. The zero-order valence-corrected chi connectivity index (χ0v) is 15.1. The normalized spacial score (nSPS) is 18.9. The summed E-state index contributed by atoms with van der Waals surface area (Å²) in [5.74, 6) is -1.32. The first kappa shape index (κ1) is 18.4. The van der Waals surface area contributed by atoms with Crippen LogP contribution in [-0.4, -0.2) is 41.6 Å². The zero-order chi connectivity index (χ0) is 17.0. The number of rotatable bonds is 6. The molecular weight excluding hydrogens is 363 g/mol. The molecule has 2 atom stereocenters. The van der Waals surface area contributed by atoms with Gasteiger partial charge in [-0.15, -0.1) is 0 Å². The van der Waals surface area contributed by atoms with Crippen LogP contribution < -0.4 is 5.32 Å². The molecule has 128 valence electrons. The van der Waals surface area contributed by atoms with Gasteiger partial charge in [0.05, 0.1) is 6.10 Å². The number of amides is 1. The average molecular weight is 381 g/mol. The van der Waals surface area contributed by atoms with E-state index in [1.807, 2.05) is 0 Å². The van der Waals surface area contributed by atoms with Crippen molar-refractivity contribution in [3.05, 3.63) is 15.1 Å². The summed E-state index contributed by atoms with van der Waals surface area (Å²) in [6.45, 7) is 4.70. The summed E-state index contributed by atoms with van der Waals surface area (Å²) in [5, 5.41) is 2.81. The number of esters is 1. The first-order valence-electron chi connectivity index (χ1n) is 7.31. The number of nitrogens with zero attached hydrogens (tertiary/aromatic N) is 1. The fraction of sp³-hybridized carbons (Fsp3) is 0.643. The van der Waals surface area contributed by atoms with Crippen molar-refractivity contribution in [2.24, 2.45) is 5.92 Å². The third-order valence-electron chi connectivity index (χ3n) is 3.42. The Morgan fingerprint density at radius 3 is 2.74 bits per heavy atom. The van der Waals surface area contributed by atoms with Gasteiger partial charge in [0.25, 0.3) is 5.91 Å². The van der Waals surface area contributed by atoms with Crippen LogP contribution in [0.5, 0.6) is 0 Å². The number of ether oxygens (including phenoxy) is 2. The monoisotopic (exact) mass is 380 g/mol. The van der Waals surface area contributed by atoms with E-state index >= 15 is 0 Å². The van der Waals surface area contributed by atoms with Crippen LogP contribution in [0.4, 0.5) is 0 Å². The molecule has 0 radical (unpaired) electrons. The molecule has 1 aliphatic heterocycles. The van der Waals surface area contributed by atoms with E-state index in [9.17, 15) is 9.59 Å². The summed E-state index contributed by atoms with van der Waals surface area (Å²) in [5.41, 5.74) is -0.0701. The van der Waals surface area contributed by atoms with Crippen LogP contribution >= 0.6 is 34.7 Å². The lowest BCUT2D eigenvalue weighted by atomic mass is 10.1. The quantitative estimate of drug-likeness (QED) is 0.767. The maximum absolute atomic E-state index is 12.3. The van der Waals surface area contributed by atoms with E-state index in [2.05, 4.69) is 9.69 Å². The molecule has 23 heavy (non-hydrogen) atoms. The van der Waals surface area contributed by atoms with Gasteiger partial charge in [0.1, 0.15) is 9.36 Å². The number of nitrogens with one attached hydrogen (secondary N) is 1. The highest BCUT2D eigenvalue weighted by Crippen LogP contribution is 2.30. The van der Waals surface area contributed by atoms with Crippen molar-refractivity contribution < 1.29 is 19.1 Å². The van der Waals surface area contributed by atoms with Crippen LogP contribution in [0.3, 0.4) is 0 Å². The molecule has 1 N–H and O–H groups in total. The van der Waals surface area contributed by atoms with E-state index in [-0.39, 0.29) is 33.0 Å². The van der Waals surface area contributed by atoms with Gasteiger partial charge >= 0.3 is 5.97 Å². The Morgan fingerprint density at radius 1 is 1.48 bits per heavy atom. The third-order valence-corrected chi connectivity index (χ3v) is 5.03. The lowest BCUT2D eigenvalue weighted by Gasteiger charge is -2.21. The second-order valence-electron chi connectivity index (χ2n) is 5.57. The number of hydrogen-bond acceptors (Lipinski definition) is 6. The van der Waals surface area contributed by atoms with Crippen molar-refractivity contribution in [2.75, 3.05) is 13.2 Å². The van der Waals surface area contributed by atoms with Crippen LogP contribution in [0, 0.1) is 5.92 Å². The third kappa shape index (κ3) is 4.79. The molecule has 1 saturated heterocycles. The molecule has 9 heteroatoms. The molecule has 2 heterocycles. The predicted molar refractivity (Wildman–Crippen MR) is 88.2 cm³/mol. The topological polar surface area (TPSA) is 77.5 Å². The van der Waals surface area contributed by atoms with Crippen LogP contribution in [-0.2, 0) is 14.3 Å². The van der Waals surface area contributed by atoms with Gasteiger partial charge in [-0.05, 0) is 30.3 Å². The highest BCUT2D eigenvalue weighted by Gasteiger charge is 2.30. The first-order valence-corrected chi connectivity index (χ1v) is 8.84. The molecule has 2 rings (SSSR count). The Kier molecular flexibility index (Phi) is 6.64. The number of halogens is 2. The van der Waals surface area contributed by atoms with E-state index in [0.717, 1.165) is 24.4 Å². The average Bonchev–Trinajstić information content (AvgIpc) is 3.13. The Labute approximate surface area is 148 Å². The maximum atomic E-state index is 12.3. The van der Waals surface area contributed by atoms with E-state index in [4.69, 9.17) is 32.7 Å². The summed E-state index contributed by atoms with van der Waals surface area (Å²) in [6, 6.07) is 0. The van der Waals surface area contributed by atoms with Gasteiger partial charge in [-0.25, -0.2) is 4.79 Å². The van der Waals surface area contributed by atoms with Gasteiger partial charge < -0.3 is 14.8 Å². The van der Waals surface area contributed by atoms with Crippen molar-refractivity contribution in [3.8, 4) is 0 Å². The second-order valence-corrected chi connectivity index (χ2v) is 7.32. The van der Waals surface area contributed by atoms with Crippen LogP contribution in [0.1, 0.15) is 37.2 Å². The molecule has 1 aromatic rings. The molecule has 0 saturated carbocycles. The fourth-order valence-corrected chi connectivity index (χ4v) is 3.15. The lowest BCUT2D eigenvalue weighted by molar-refractivity contribution is -0.132. The maximum Gasteiger partial charge on any atom is 0.360 e. The predicted octanol–water partition coefficient (Wildman–Crippen LogP) is 2.93. The molecule has 2 unspecified atom stereocenters. The first-order chi connectivity index (χ1) is 10.9. The van der Waals surface area contributed by atoms with Gasteiger partial charge in [-0.3, -0.25) is 4.79 Å². The summed E-state index contributed by atoms with van der Waals surface area (Å²) in [6.07, 6.45) is 1.00. The molecule has 0 spiro atoms. The minimum Gasteiger partial charge on any atom is -0.447 e. The van der Waals surface area contributed by atoms with E-state index in [1.165, 1.54) is 0 Å². The van der Waals surface area contributed by atoms with E-state index in [1.54, 1.807) is 13.8 Å². The highest BCUT2D eigenvalue weighted by atomic mass is 35.5. The van der Waals surface area contributed by atoms with Gasteiger partial charge in [-0.2, -0.15) is 4.37 Å². The Hall–Kier alpha value is -0.890. The number of hydrogen-bond donors (Lipinski definition) is 1. The second kappa shape index (κ2) is 8.28. The number of carbonyl (C=O) groups is 2. The van der Waals surface area contributed by atoms with Crippen LogP contribution in [0.15, 0.2) is 0 Å². The van der Waals surface area contributed by atoms with Crippen molar-refractivity contribution >= 4 is 46.6 Å². The highest BCUT2D eigenvalue weighted by molar-refractivity contribution is 7.11. The van der Waals surface area contributed by atoms with Gasteiger partial charge in [0.2, 0.25) is 0 Å². The molecular formula is C14H18Cl2N2O4S. The summed E-state index contributed by atoms with van der Waals surface area (Å²) < 4.78 is 14.8. The minimum absolute atomic E-state index is 0.0225. The van der Waals surface area contributed by atoms with Crippen molar-refractivity contribution in [2.45, 2.75) is 38.9 Å². The van der Waals surface area contributed by atoms with Crippen molar-refractivity contribution in [3.63, 3.8) is 0 Å². The van der Waals surface area contributed by atoms with Crippen LogP contribution in [0.2, 0.25) is 9.36 Å². The smallest absolute Gasteiger partial charge is 0.360 e. The SMILES string of the molecule is CC(C)C(OC(=O)c1nsc(Cl)c1Cl)C(=O)NCC1CCCO1. The minimum atomic E-state index is -0.930. The van der Waals surface area contributed by atoms with Gasteiger partial charge in [0.15, 0.2) is 11.8 Å². The van der Waals surface area contributed by atoms with Crippen molar-refractivity contribution in [1.29, 1.82) is 0 Å². The molecule has 1 amide bonds. The van der Waals surface area contributed by atoms with E-state index in [0.29, 0.717) is 13.2 Å². The largest absolute Gasteiger partial charge is 0.447 e. The standard InChI is InChI=1S/C14H18Cl2N2O4S/c1-7(2)11(13(19)17-6-8-4-3-5-21-8)22-14(20)10-9(15)12(16)23-18-10/h7-8,11H,3-6H2,1-2H3,(H,17,19). The fourth-order valence-electron chi connectivity index (χ4n) is 2.17. The zero-order valence-electron chi connectivity index (χ0n) is 12.8. The Bertz CT molecular complexity index is 573. The van der Waals surface area contributed by atoms with Crippen molar-refractivity contribution in [1.82, 2.24) is 9.69 Å². The number of carbonyl (C=O) groups excluding carboxylic acids is 2.